The topological polar surface area (TPSA) is 68.2 Å². The first-order valence-corrected chi connectivity index (χ1v) is 9.99. The molecule has 29 heavy (non-hydrogen) atoms. The number of aromatic nitrogens is 2. The monoisotopic (exact) mass is 390 g/mol. The molecule has 1 aliphatic rings. The van der Waals surface area contributed by atoms with Crippen LogP contribution in [0.15, 0.2) is 60.8 Å². The van der Waals surface area contributed by atoms with Crippen LogP contribution in [0.25, 0.3) is 16.9 Å². The van der Waals surface area contributed by atoms with Crippen LogP contribution in [0.4, 0.5) is 0 Å². The Hall–Kier alpha value is -3.12. The van der Waals surface area contributed by atoms with Crippen LogP contribution in [0.1, 0.15) is 30.1 Å². The van der Waals surface area contributed by atoms with E-state index in [-0.39, 0.29) is 18.0 Å². The number of carbonyl (C=O) groups excluding carboxylic acids is 1. The average molecular weight is 390 g/mol. The predicted molar refractivity (Wildman–Crippen MR) is 114 cm³/mol. The molecule has 2 atom stereocenters. The minimum absolute atomic E-state index is 0.0986. The summed E-state index contributed by atoms with van der Waals surface area (Å²) in [6.45, 7) is 3.11. The van der Waals surface area contributed by atoms with Crippen molar-refractivity contribution in [1.29, 1.82) is 0 Å². The van der Waals surface area contributed by atoms with Crippen molar-refractivity contribution < 1.29 is 9.53 Å². The molecule has 1 amide bonds. The second kappa shape index (κ2) is 8.49. The van der Waals surface area contributed by atoms with E-state index in [4.69, 9.17) is 9.84 Å². The van der Waals surface area contributed by atoms with Crippen molar-refractivity contribution in [1.82, 2.24) is 20.4 Å². The first kappa shape index (κ1) is 19.2. The summed E-state index contributed by atoms with van der Waals surface area (Å²) in [4.78, 5) is 13.2. The molecule has 0 spiro atoms. The predicted octanol–water partition coefficient (Wildman–Crippen LogP) is 3.42. The fourth-order valence-electron chi connectivity index (χ4n) is 3.70. The van der Waals surface area contributed by atoms with Crippen molar-refractivity contribution in [2.24, 2.45) is 0 Å². The van der Waals surface area contributed by atoms with Crippen LogP contribution < -0.4 is 15.4 Å². The Kier molecular flexibility index (Phi) is 5.62. The number of carbonyl (C=O) groups is 1. The molecule has 1 aromatic heterocycles. The summed E-state index contributed by atoms with van der Waals surface area (Å²) >= 11 is 0. The Bertz CT molecular complexity index is 966. The molecule has 1 fully saturated rings. The van der Waals surface area contributed by atoms with Gasteiger partial charge in [-0.05, 0) is 62.7 Å². The lowest BCUT2D eigenvalue weighted by atomic mass is 9.99. The van der Waals surface area contributed by atoms with Gasteiger partial charge in [-0.3, -0.25) is 4.79 Å². The molecule has 2 aromatic carbocycles. The fraction of sp³-hybridized carbons (Fsp3) is 0.304. The normalized spacial score (nSPS) is 19.0. The van der Waals surface area contributed by atoms with Crippen LogP contribution in [0.5, 0.6) is 5.75 Å². The lowest BCUT2D eigenvalue weighted by Crippen LogP contribution is -2.51. The van der Waals surface area contributed by atoms with Crippen LogP contribution in [-0.2, 0) is 0 Å². The van der Waals surface area contributed by atoms with Gasteiger partial charge in [0.15, 0.2) is 0 Å². The SMILES string of the molecule is COc1ccc(-c2nn(-c3ccccc3)cc2C(=O)NC2CCCNC2C)cc1. The molecule has 0 aliphatic carbocycles. The van der Waals surface area contributed by atoms with Crippen LogP contribution in [0, 0.1) is 0 Å². The zero-order valence-electron chi connectivity index (χ0n) is 16.8. The molecule has 3 aromatic rings. The van der Waals surface area contributed by atoms with Gasteiger partial charge in [0.1, 0.15) is 11.4 Å². The van der Waals surface area contributed by atoms with E-state index in [1.54, 1.807) is 11.8 Å². The Morgan fingerprint density at radius 1 is 1.17 bits per heavy atom. The molecule has 2 N–H and O–H groups in total. The molecule has 2 heterocycles. The molecular formula is C23H26N4O2. The molecule has 150 valence electrons. The van der Waals surface area contributed by atoms with Crippen LogP contribution in [0.2, 0.25) is 0 Å². The number of ether oxygens (including phenoxy) is 1. The summed E-state index contributed by atoms with van der Waals surface area (Å²) in [5.74, 6) is 0.669. The highest BCUT2D eigenvalue weighted by molar-refractivity contribution is 6.00. The van der Waals surface area contributed by atoms with Gasteiger partial charge in [0.25, 0.3) is 5.91 Å². The Morgan fingerprint density at radius 2 is 1.93 bits per heavy atom. The number of amides is 1. The molecule has 0 radical (unpaired) electrons. The second-order valence-electron chi connectivity index (χ2n) is 7.36. The van der Waals surface area contributed by atoms with Gasteiger partial charge in [-0.25, -0.2) is 4.68 Å². The van der Waals surface area contributed by atoms with Crippen molar-refractivity contribution in [3.05, 3.63) is 66.4 Å². The van der Waals surface area contributed by atoms with Gasteiger partial charge >= 0.3 is 0 Å². The number of methoxy groups -OCH3 is 1. The number of hydrogen-bond donors (Lipinski definition) is 2. The highest BCUT2D eigenvalue weighted by Crippen LogP contribution is 2.26. The van der Waals surface area contributed by atoms with Gasteiger partial charge in [0.2, 0.25) is 0 Å². The highest BCUT2D eigenvalue weighted by Gasteiger charge is 2.25. The lowest BCUT2D eigenvalue weighted by Gasteiger charge is -2.30. The molecule has 1 saturated heterocycles. The molecule has 6 nitrogen and oxygen atoms in total. The maximum absolute atomic E-state index is 13.2. The first-order chi connectivity index (χ1) is 14.2. The maximum Gasteiger partial charge on any atom is 0.255 e. The van der Waals surface area contributed by atoms with Gasteiger partial charge in [-0.1, -0.05) is 18.2 Å². The van der Waals surface area contributed by atoms with E-state index >= 15 is 0 Å². The zero-order chi connectivity index (χ0) is 20.2. The summed E-state index contributed by atoms with van der Waals surface area (Å²) in [6.07, 6.45) is 3.85. The molecule has 0 saturated carbocycles. The van der Waals surface area contributed by atoms with Gasteiger partial charge < -0.3 is 15.4 Å². The molecular weight excluding hydrogens is 364 g/mol. The van der Waals surface area contributed by atoms with E-state index in [9.17, 15) is 4.79 Å². The largest absolute Gasteiger partial charge is 0.497 e. The Labute approximate surface area is 170 Å². The minimum Gasteiger partial charge on any atom is -0.497 e. The minimum atomic E-state index is -0.0986. The maximum atomic E-state index is 13.2. The summed E-state index contributed by atoms with van der Waals surface area (Å²) in [5.41, 5.74) is 3.01. The van der Waals surface area contributed by atoms with Gasteiger partial charge in [0.05, 0.1) is 18.4 Å². The van der Waals surface area contributed by atoms with E-state index in [2.05, 4.69) is 17.6 Å². The van der Waals surface area contributed by atoms with Crippen molar-refractivity contribution in [2.75, 3.05) is 13.7 Å². The number of nitrogens with one attached hydrogen (secondary N) is 2. The third kappa shape index (κ3) is 4.17. The number of piperidine rings is 1. The Balaban J connectivity index is 1.70. The summed E-state index contributed by atoms with van der Waals surface area (Å²) in [6, 6.07) is 17.8. The van der Waals surface area contributed by atoms with E-state index in [1.165, 1.54) is 0 Å². The summed E-state index contributed by atoms with van der Waals surface area (Å²) in [7, 11) is 1.64. The molecule has 6 heteroatoms. The summed E-state index contributed by atoms with van der Waals surface area (Å²) in [5, 5.41) is 11.4. The van der Waals surface area contributed by atoms with Crippen LogP contribution in [0.3, 0.4) is 0 Å². The lowest BCUT2D eigenvalue weighted by molar-refractivity contribution is 0.0920. The number of nitrogens with zero attached hydrogens (tertiary/aromatic N) is 2. The van der Waals surface area contributed by atoms with Gasteiger partial charge in [-0.15, -0.1) is 0 Å². The third-order valence-electron chi connectivity index (χ3n) is 5.42. The first-order valence-electron chi connectivity index (χ1n) is 9.99. The second-order valence-corrected chi connectivity index (χ2v) is 7.36. The fourth-order valence-corrected chi connectivity index (χ4v) is 3.70. The molecule has 0 bridgehead atoms. The van der Waals surface area contributed by atoms with E-state index in [0.29, 0.717) is 11.3 Å². The van der Waals surface area contributed by atoms with Crippen molar-refractivity contribution >= 4 is 5.91 Å². The van der Waals surface area contributed by atoms with Gasteiger partial charge in [-0.2, -0.15) is 5.10 Å². The van der Waals surface area contributed by atoms with Crippen LogP contribution >= 0.6 is 0 Å². The standard InChI is InChI=1S/C23H26N4O2/c1-16-21(9-6-14-24-16)25-23(28)20-15-27(18-7-4-3-5-8-18)26-22(20)17-10-12-19(29-2)13-11-17/h3-5,7-8,10-13,15-16,21,24H,6,9,14H2,1-2H3,(H,25,28). The van der Waals surface area contributed by atoms with Crippen molar-refractivity contribution in [3.63, 3.8) is 0 Å². The third-order valence-corrected chi connectivity index (χ3v) is 5.42. The highest BCUT2D eigenvalue weighted by atomic mass is 16.5. The molecule has 2 unspecified atom stereocenters. The summed E-state index contributed by atoms with van der Waals surface area (Å²) < 4.78 is 7.02. The number of para-hydroxylation sites is 1. The Morgan fingerprint density at radius 3 is 2.62 bits per heavy atom. The zero-order valence-corrected chi connectivity index (χ0v) is 16.8. The van der Waals surface area contributed by atoms with Crippen molar-refractivity contribution in [2.45, 2.75) is 31.8 Å². The van der Waals surface area contributed by atoms with E-state index in [1.807, 2.05) is 60.8 Å². The average Bonchev–Trinajstić information content (AvgIpc) is 3.22. The number of hydrogen-bond acceptors (Lipinski definition) is 4. The van der Waals surface area contributed by atoms with Crippen LogP contribution in [-0.4, -0.2) is 41.4 Å². The molecule has 4 rings (SSSR count). The smallest absolute Gasteiger partial charge is 0.255 e. The molecule has 1 aliphatic heterocycles. The van der Waals surface area contributed by atoms with E-state index in [0.717, 1.165) is 36.4 Å². The number of rotatable bonds is 5. The van der Waals surface area contributed by atoms with Crippen molar-refractivity contribution in [3.8, 4) is 22.7 Å². The van der Waals surface area contributed by atoms with E-state index < -0.39 is 0 Å². The number of benzene rings is 2. The van der Waals surface area contributed by atoms with Gasteiger partial charge in [0, 0.05) is 23.8 Å². The quantitative estimate of drug-likeness (QED) is 0.701.